The third kappa shape index (κ3) is 3.94. The Hall–Kier alpha value is -0.870. The molecule has 0 bridgehead atoms. The number of halogens is 1. The molecule has 16 heavy (non-hydrogen) atoms. The van der Waals surface area contributed by atoms with Crippen molar-refractivity contribution in [2.45, 2.75) is 19.8 Å². The van der Waals surface area contributed by atoms with Crippen LogP contribution in [0, 0.1) is 5.92 Å². The van der Waals surface area contributed by atoms with Gasteiger partial charge in [0.2, 0.25) is 0 Å². The highest BCUT2D eigenvalue weighted by atomic mass is 35.5. The van der Waals surface area contributed by atoms with Crippen LogP contribution in [0.4, 0.5) is 0 Å². The Bertz CT molecular complexity index is 386. The average Bonchev–Trinajstić information content (AvgIpc) is 2.64. The highest BCUT2D eigenvalue weighted by molar-refractivity contribution is 7.18. The van der Waals surface area contributed by atoms with Crippen molar-refractivity contribution in [3.63, 3.8) is 0 Å². The van der Waals surface area contributed by atoms with E-state index in [0.29, 0.717) is 15.6 Å². The van der Waals surface area contributed by atoms with Crippen molar-refractivity contribution in [3.05, 3.63) is 21.3 Å². The maximum Gasteiger partial charge on any atom is 0.305 e. The van der Waals surface area contributed by atoms with E-state index in [2.05, 4.69) is 4.74 Å². The van der Waals surface area contributed by atoms with Crippen LogP contribution in [0.15, 0.2) is 12.1 Å². The zero-order chi connectivity index (χ0) is 12.1. The molecule has 0 saturated carbocycles. The second-order valence-electron chi connectivity index (χ2n) is 3.62. The maximum absolute atomic E-state index is 11.7. The summed E-state index contributed by atoms with van der Waals surface area (Å²) in [4.78, 5) is 23.4. The second kappa shape index (κ2) is 6.01. The first-order valence-corrected chi connectivity index (χ1v) is 6.07. The lowest BCUT2D eigenvalue weighted by Crippen LogP contribution is -2.11. The van der Waals surface area contributed by atoms with E-state index in [9.17, 15) is 9.59 Å². The zero-order valence-electron chi connectivity index (χ0n) is 9.16. The monoisotopic (exact) mass is 260 g/mol. The molecule has 0 radical (unpaired) electrons. The van der Waals surface area contributed by atoms with E-state index in [1.54, 1.807) is 12.1 Å². The Morgan fingerprint density at radius 2 is 2.12 bits per heavy atom. The van der Waals surface area contributed by atoms with E-state index in [-0.39, 0.29) is 24.1 Å². The Balaban J connectivity index is 2.48. The Morgan fingerprint density at radius 3 is 2.62 bits per heavy atom. The first-order chi connectivity index (χ1) is 7.52. The van der Waals surface area contributed by atoms with Crippen molar-refractivity contribution in [2.24, 2.45) is 5.92 Å². The molecule has 0 aliphatic carbocycles. The number of carbonyl (C=O) groups is 2. The molecule has 3 nitrogen and oxygen atoms in total. The standard InChI is InChI=1S/C11H13ClO3S/c1-7(6-11(14)15-2)5-8(13)9-3-4-10(12)16-9/h3-4,7H,5-6H2,1-2H3/t7-/m0/s1. The van der Waals surface area contributed by atoms with Gasteiger partial charge in [0.15, 0.2) is 5.78 Å². The molecule has 1 heterocycles. The zero-order valence-corrected chi connectivity index (χ0v) is 10.7. The molecule has 0 amide bonds. The molecule has 1 aromatic rings. The number of carbonyl (C=O) groups excluding carboxylic acids is 2. The predicted octanol–water partition coefficient (Wildman–Crippen LogP) is 3.17. The minimum Gasteiger partial charge on any atom is -0.469 e. The number of ketones is 1. The van der Waals surface area contributed by atoms with Crippen LogP contribution in [0.3, 0.4) is 0 Å². The molecule has 1 atom stereocenters. The number of hydrogen-bond donors (Lipinski definition) is 0. The van der Waals surface area contributed by atoms with Crippen molar-refractivity contribution in [1.29, 1.82) is 0 Å². The summed E-state index contributed by atoms with van der Waals surface area (Å²) in [7, 11) is 1.34. The minimum absolute atomic E-state index is 0.0131. The quantitative estimate of drug-likeness (QED) is 0.603. The third-order valence-electron chi connectivity index (χ3n) is 2.12. The van der Waals surface area contributed by atoms with E-state index in [1.165, 1.54) is 18.4 Å². The van der Waals surface area contributed by atoms with Gasteiger partial charge in [-0.05, 0) is 18.1 Å². The minimum atomic E-state index is -0.287. The fraction of sp³-hybridized carbons (Fsp3) is 0.455. The van der Waals surface area contributed by atoms with Crippen LogP contribution in [0.5, 0.6) is 0 Å². The molecule has 0 saturated heterocycles. The summed E-state index contributed by atoms with van der Waals surface area (Å²) in [5, 5.41) is 0. The molecule has 0 unspecified atom stereocenters. The summed E-state index contributed by atoms with van der Waals surface area (Å²) in [6, 6.07) is 3.41. The predicted molar refractivity (Wildman–Crippen MR) is 64.1 cm³/mol. The third-order valence-corrected chi connectivity index (χ3v) is 3.40. The van der Waals surface area contributed by atoms with Crippen LogP contribution in [0.25, 0.3) is 0 Å². The first-order valence-electron chi connectivity index (χ1n) is 4.88. The summed E-state index contributed by atoms with van der Waals surface area (Å²) in [6.45, 7) is 1.85. The number of hydrogen-bond acceptors (Lipinski definition) is 4. The molecule has 0 spiro atoms. The topological polar surface area (TPSA) is 43.4 Å². The summed E-state index contributed by atoms with van der Waals surface area (Å²) in [5.41, 5.74) is 0. The Kier molecular flexibility index (Phi) is 4.96. The highest BCUT2D eigenvalue weighted by Gasteiger charge is 2.16. The largest absolute Gasteiger partial charge is 0.469 e. The molecule has 0 aromatic carbocycles. The van der Waals surface area contributed by atoms with Gasteiger partial charge in [0.1, 0.15) is 0 Å². The van der Waals surface area contributed by atoms with Gasteiger partial charge in [-0.3, -0.25) is 9.59 Å². The van der Waals surface area contributed by atoms with Crippen LogP contribution in [-0.2, 0) is 9.53 Å². The van der Waals surface area contributed by atoms with Crippen molar-refractivity contribution in [2.75, 3.05) is 7.11 Å². The lowest BCUT2D eigenvalue weighted by Gasteiger charge is -2.07. The van der Waals surface area contributed by atoms with Gasteiger partial charge < -0.3 is 4.74 Å². The summed E-state index contributed by atoms with van der Waals surface area (Å²) >= 11 is 7.00. The van der Waals surface area contributed by atoms with Crippen molar-refractivity contribution >= 4 is 34.7 Å². The van der Waals surface area contributed by atoms with Gasteiger partial charge >= 0.3 is 5.97 Å². The van der Waals surface area contributed by atoms with Gasteiger partial charge in [-0.2, -0.15) is 0 Å². The number of thiophene rings is 1. The number of Topliss-reactive ketones (excluding diaryl/α,β-unsaturated/α-hetero) is 1. The van der Waals surface area contributed by atoms with Crippen molar-refractivity contribution < 1.29 is 14.3 Å². The van der Waals surface area contributed by atoms with E-state index in [0.717, 1.165) is 0 Å². The molecule has 5 heteroatoms. The fourth-order valence-electron chi connectivity index (χ4n) is 1.32. The van der Waals surface area contributed by atoms with Crippen LogP contribution >= 0.6 is 22.9 Å². The highest BCUT2D eigenvalue weighted by Crippen LogP contribution is 2.24. The van der Waals surface area contributed by atoms with E-state index < -0.39 is 0 Å². The van der Waals surface area contributed by atoms with E-state index in [1.807, 2.05) is 6.92 Å². The molecule has 0 N–H and O–H groups in total. The van der Waals surface area contributed by atoms with Crippen LogP contribution in [0.2, 0.25) is 4.34 Å². The smallest absolute Gasteiger partial charge is 0.305 e. The number of esters is 1. The number of ether oxygens (including phenoxy) is 1. The van der Waals surface area contributed by atoms with Gasteiger partial charge in [-0.1, -0.05) is 18.5 Å². The second-order valence-corrected chi connectivity index (χ2v) is 5.33. The average molecular weight is 261 g/mol. The molecule has 88 valence electrons. The number of methoxy groups -OCH3 is 1. The SMILES string of the molecule is COC(=O)C[C@@H](C)CC(=O)c1ccc(Cl)s1. The Labute approximate surface area is 103 Å². The van der Waals surface area contributed by atoms with Gasteiger partial charge in [0, 0.05) is 12.8 Å². The van der Waals surface area contributed by atoms with Crippen LogP contribution in [0.1, 0.15) is 29.4 Å². The van der Waals surface area contributed by atoms with E-state index in [4.69, 9.17) is 11.6 Å². The van der Waals surface area contributed by atoms with Gasteiger partial charge in [-0.15, -0.1) is 11.3 Å². The first kappa shape index (κ1) is 13.2. The van der Waals surface area contributed by atoms with Gasteiger partial charge in [-0.25, -0.2) is 0 Å². The lowest BCUT2D eigenvalue weighted by atomic mass is 10.0. The lowest BCUT2D eigenvalue weighted by molar-refractivity contribution is -0.141. The molecule has 0 aliphatic rings. The van der Waals surface area contributed by atoms with Crippen LogP contribution in [-0.4, -0.2) is 18.9 Å². The fourth-order valence-corrected chi connectivity index (χ4v) is 2.31. The molecule has 1 rings (SSSR count). The summed E-state index contributed by atoms with van der Waals surface area (Å²) in [5.74, 6) is -0.279. The molecular weight excluding hydrogens is 248 g/mol. The van der Waals surface area contributed by atoms with Gasteiger partial charge in [0.05, 0.1) is 16.3 Å². The molecule has 0 aliphatic heterocycles. The normalized spacial score (nSPS) is 12.2. The molecular formula is C11H13ClO3S. The molecule has 1 aromatic heterocycles. The van der Waals surface area contributed by atoms with Crippen molar-refractivity contribution in [3.8, 4) is 0 Å². The van der Waals surface area contributed by atoms with Crippen LogP contribution < -0.4 is 0 Å². The molecule has 0 fully saturated rings. The van der Waals surface area contributed by atoms with Gasteiger partial charge in [0.25, 0.3) is 0 Å². The van der Waals surface area contributed by atoms with Crippen molar-refractivity contribution in [1.82, 2.24) is 0 Å². The van der Waals surface area contributed by atoms with E-state index >= 15 is 0 Å². The summed E-state index contributed by atoms with van der Waals surface area (Å²) < 4.78 is 5.14. The summed E-state index contributed by atoms with van der Waals surface area (Å²) in [6.07, 6.45) is 0.604. The maximum atomic E-state index is 11.7. The Morgan fingerprint density at radius 1 is 1.44 bits per heavy atom. The number of rotatable bonds is 5.